The van der Waals surface area contributed by atoms with E-state index in [0.717, 1.165) is 23.3 Å². The Morgan fingerprint density at radius 3 is 2.36 bits per heavy atom. The van der Waals surface area contributed by atoms with Crippen LogP contribution >= 0.6 is 12.2 Å². The van der Waals surface area contributed by atoms with Crippen molar-refractivity contribution >= 4 is 23.2 Å². The third-order valence-corrected chi connectivity index (χ3v) is 4.17. The summed E-state index contributed by atoms with van der Waals surface area (Å²) in [6, 6.07) is 13.0. The van der Waals surface area contributed by atoms with Crippen LogP contribution in [0.25, 0.3) is 0 Å². The average molecular weight is 403 g/mol. The highest BCUT2D eigenvalue weighted by Crippen LogP contribution is 2.28. The predicted octanol–water partition coefficient (Wildman–Crippen LogP) is 3.23. The van der Waals surface area contributed by atoms with Gasteiger partial charge in [-0.25, -0.2) is 0 Å². The summed E-state index contributed by atoms with van der Waals surface area (Å²) >= 11 is 5.21. The third-order valence-electron chi connectivity index (χ3n) is 3.92. The summed E-state index contributed by atoms with van der Waals surface area (Å²) in [6.07, 6.45) is 1.17. The molecule has 6 nitrogen and oxygen atoms in total. The van der Waals surface area contributed by atoms with Gasteiger partial charge < -0.3 is 24.8 Å². The van der Waals surface area contributed by atoms with E-state index in [1.807, 2.05) is 42.5 Å². The highest BCUT2D eigenvalue weighted by molar-refractivity contribution is 7.80. The van der Waals surface area contributed by atoms with Crippen molar-refractivity contribution in [2.45, 2.75) is 26.3 Å². The lowest BCUT2D eigenvalue weighted by molar-refractivity contribution is -0.119. The summed E-state index contributed by atoms with van der Waals surface area (Å²) in [5, 5.41) is 6.00. The van der Waals surface area contributed by atoms with Crippen LogP contribution in [0.1, 0.15) is 24.5 Å². The molecule has 0 radical (unpaired) electrons. The second kappa shape index (κ2) is 11.1. The van der Waals surface area contributed by atoms with Crippen molar-refractivity contribution in [3.63, 3.8) is 0 Å². The SMILES string of the molecule is CCCOc1ccc(CNC(=S)NC(=O)Cc2ccc(OC)cc2)cc1OC. The second-order valence-corrected chi connectivity index (χ2v) is 6.50. The molecule has 0 aliphatic carbocycles. The molecule has 0 saturated heterocycles. The summed E-state index contributed by atoms with van der Waals surface area (Å²) in [4.78, 5) is 12.1. The van der Waals surface area contributed by atoms with Gasteiger partial charge in [0.2, 0.25) is 5.91 Å². The van der Waals surface area contributed by atoms with Crippen LogP contribution < -0.4 is 24.8 Å². The van der Waals surface area contributed by atoms with Gasteiger partial charge in [0.1, 0.15) is 5.75 Å². The van der Waals surface area contributed by atoms with Gasteiger partial charge in [-0.05, 0) is 54.0 Å². The van der Waals surface area contributed by atoms with Gasteiger partial charge >= 0.3 is 0 Å². The fourth-order valence-electron chi connectivity index (χ4n) is 2.48. The Labute approximate surface area is 171 Å². The lowest BCUT2D eigenvalue weighted by atomic mass is 10.1. The molecular weight excluding hydrogens is 376 g/mol. The Kier molecular flexibility index (Phi) is 8.55. The van der Waals surface area contributed by atoms with Gasteiger partial charge in [0, 0.05) is 6.54 Å². The van der Waals surface area contributed by atoms with Crippen LogP contribution in [0, 0.1) is 0 Å². The van der Waals surface area contributed by atoms with Gasteiger partial charge in [0.25, 0.3) is 0 Å². The number of methoxy groups -OCH3 is 2. The maximum atomic E-state index is 12.1. The molecule has 2 N–H and O–H groups in total. The number of carbonyl (C=O) groups is 1. The quantitative estimate of drug-likeness (QED) is 0.628. The molecule has 0 bridgehead atoms. The summed E-state index contributed by atoms with van der Waals surface area (Å²) in [5.74, 6) is 1.96. The van der Waals surface area contributed by atoms with E-state index in [1.54, 1.807) is 14.2 Å². The summed E-state index contributed by atoms with van der Waals surface area (Å²) in [5.41, 5.74) is 1.85. The molecule has 0 saturated carbocycles. The van der Waals surface area contributed by atoms with E-state index < -0.39 is 0 Å². The van der Waals surface area contributed by atoms with E-state index in [4.69, 9.17) is 26.4 Å². The summed E-state index contributed by atoms with van der Waals surface area (Å²) in [7, 11) is 3.21. The van der Waals surface area contributed by atoms with E-state index in [0.29, 0.717) is 24.7 Å². The van der Waals surface area contributed by atoms with Crippen LogP contribution in [0.3, 0.4) is 0 Å². The monoisotopic (exact) mass is 402 g/mol. The normalized spacial score (nSPS) is 10.1. The zero-order valence-corrected chi connectivity index (χ0v) is 17.2. The van der Waals surface area contributed by atoms with Crippen LogP contribution in [0.4, 0.5) is 0 Å². The molecule has 2 rings (SSSR count). The number of ether oxygens (including phenoxy) is 3. The average Bonchev–Trinajstić information content (AvgIpc) is 2.71. The smallest absolute Gasteiger partial charge is 0.230 e. The zero-order chi connectivity index (χ0) is 20.4. The van der Waals surface area contributed by atoms with Gasteiger partial charge in [-0.3, -0.25) is 4.79 Å². The molecular formula is C21H26N2O4S. The van der Waals surface area contributed by atoms with E-state index in [-0.39, 0.29) is 17.4 Å². The standard InChI is InChI=1S/C21H26N2O4S/c1-4-11-27-18-10-7-16(12-19(18)26-3)14-22-21(28)23-20(24)13-15-5-8-17(25-2)9-6-15/h5-10,12H,4,11,13-14H2,1-3H3,(H2,22,23,24,28). The minimum Gasteiger partial charge on any atom is -0.497 e. The maximum Gasteiger partial charge on any atom is 0.230 e. The Morgan fingerprint density at radius 1 is 1.00 bits per heavy atom. The van der Waals surface area contributed by atoms with Crippen molar-refractivity contribution in [2.75, 3.05) is 20.8 Å². The lowest BCUT2D eigenvalue weighted by Gasteiger charge is -2.13. The minimum atomic E-state index is -0.177. The number of benzene rings is 2. The lowest BCUT2D eigenvalue weighted by Crippen LogP contribution is -2.39. The molecule has 0 aliphatic heterocycles. The molecule has 0 spiro atoms. The minimum absolute atomic E-state index is 0.177. The fraction of sp³-hybridized carbons (Fsp3) is 0.333. The highest BCUT2D eigenvalue weighted by atomic mass is 32.1. The maximum absolute atomic E-state index is 12.1. The van der Waals surface area contributed by atoms with Gasteiger partial charge in [0.15, 0.2) is 16.6 Å². The fourth-order valence-corrected chi connectivity index (χ4v) is 2.67. The molecule has 0 atom stereocenters. The van der Waals surface area contributed by atoms with Gasteiger partial charge in [0.05, 0.1) is 27.2 Å². The van der Waals surface area contributed by atoms with Crippen molar-refractivity contribution in [1.82, 2.24) is 10.6 Å². The topological polar surface area (TPSA) is 68.8 Å². The molecule has 28 heavy (non-hydrogen) atoms. The van der Waals surface area contributed by atoms with Gasteiger partial charge in [-0.2, -0.15) is 0 Å². The van der Waals surface area contributed by atoms with Crippen LogP contribution in [-0.2, 0) is 17.8 Å². The highest BCUT2D eigenvalue weighted by Gasteiger charge is 2.08. The van der Waals surface area contributed by atoms with E-state index in [9.17, 15) is 4.79 Å². The van der Waals surface area contributed by atoms with Crippen molar-refractivity contribution in [3.8, 4) is 17.2 Å². The van der Waals surface area contributed by atoms with E-state index in [2.05, 4.69) is 17.6 Å². The Balaban J connectivity index is 1.83. The molecule has 1 amide bonds. The van der Waals surface area contributed by atoms with Crippen LogP contribution in [0.15, 0.2) is 42.5 Å². The number of amides is 1. The molecule has 7 heteroatoms. The van der Waals surface area contributed by atoms with Gasteiger partial charge in [-0.15, -0.1) is 0 Å². The molecule has 0 heterocycles. The number of rotatable bonds is 9. The first-order valence-corrected chi connectivity index (χ1v) is 9.46. The van der Waals surface area contributed by atoms with Crippen molar-refractivity contribution in [3.05, 3.63) is 53.6 Å². The molecule has 2 aromatic rings. The van der Waals surface area contributed by atoms with Crippen molar-refractivity contribution < 1.29 is 19.0 Å². The number of nitrogens with one attached hydrogen (secondary N) is 2. The van der Waals surface area contributed by atoms with Crippen LogP contribution in [0.5, 0.6) is 17.2 Å². The summed E-state index contributed by atoms with van der Waals surface area (Å²) in [6.45, 7) is 3.15. The first kappa shape index (κ1) is 21.5. The number of hydrogen-bond acceptors (Lipinski definition) is 5. The third kappa shape index (κ3) is 6.74. The van der Waals surface area contributed by atoms with Crippen molar-refractivity contribution in [2.24, 2.45) is 0 Å². The van der Waals surface area contributed by atoms with Crippen LogP contribution in [-0.4, -0.2) is 31.8 Å². The molecule has 0 aromatic heterocycles. The number of carbonyl (C=O) groups excluding carboxylic acids is 1. The zero-order valence-electron chi connectivity index (χ0n) is 16.4. The molecule has 0 aliphatic rings. The van der Waals surface area contributed by atoms with E-state index in [1.165, 1.54) is 0 Å². The van der Waals surface area contributed by atoms with Crippen molar-refractivity contribution in [1.29, 1.82) is 0 Å². The summed E-state index contributed by atoms with van der Waals surface area (Å²) < 4.78 is 16.1. The predicted molar refractivity (Wildman–Crippen MR) is 113 cm³/mol. The Morgan fingerprint density at radius 2 is 1.71 bits per heavy atom. The Bertz CT molecular complexity index is 793. The second-order valence-electron chi connectivity index (χ2n) is 6.09. The molecule has 0 unspecified atom stereocenters. The van der Waals surface area contributed by atoms with Gasteiger partial charge in [-0.1, -0.05) is 25.1 Å². The first-order chi connectivity index (χ1) is 13.5. The Hall–Kier alpha value is -2.80. The van der Waals surface area contributed by atoms with Crippen LogP contribution in [0.2, 0.25) is 0 Å². The largest absolute Gasteiger partial charge is 0.497 e. The molecule has 150 valence electrons. The molecule has 0 fully saturated rings. The number of hydrogen-bond donors (Lipinski definition) is 2. The molecule has 2 aromatic carbocycles. The van der Waals surface area contributed by atoms with E-state index >= 15 is 0 Å². The number of thiocarbonyl (C=S) groups is 1. The first-order valence-electron chi connectivity index (χ1n) is 9.06.